The zero-order valence-corrected chi connectivity index (χ0v) is 11.5. The maximum Gasteiger partial charge on any atom is 0.407 e. The van der Waals surface area contributed by atoms with Crippen molar-refractivity contribution in [2.75, 3.05) is 7.11 Å². The summed E-state index contributed by atoms with van der Waals surface area (Å²) < 4.78 is 4.47. The summed E-state index contributed by atoms with van der Waals surface area (Å²) in [5, 5.41) is 3.53. The number of rotatable bonds is 4. The van der Waals surface area contributed by atoms with Crippen molar-refractivity contribution in [3.63, 3.8) is 0 Å². The monoisotopic (exact) mass is 280 g/mol. The predicted octanol–water partition coefficient (Wildman–Crippen LogP) is 1.75. The van der Waals surface area contributed by atoms with Gasteiger partial charge in [-0.25, -0.2) is 4.79 Å². The van der Waals surface area contributed by atoms with Gasteiger partial charge in [-0.1, -0.05) is 18.2 Å². The molecule has 1 aromatic carbocycles. The second kappa shape index (κ2) is 6.84. The van der Waals surface area contributed by atoms with Crippen LogP contribution in [0.5, 0.6) is 0 Å². The Morgan fingerprint density at radius 2 is 2.21 bits per heavy atom. The van der Waals surface area contributed by atoms with Gasteiger partial charge in [0.05, 0.1) is 13.2 Å². The fourth-order valence-corrected chi connectivity index (χ4v) is 1.88. The molecule has 2 aromatic rings. The fourth-order valence-electron chi connectivity index (χ4n) is 1.88. The predicted molar refractivity (Wildman–Crippen MR) is 77.8 cm³/mol. The molecular weight excluding hydrogens is 264 g/mol. The number of ether oxygens (including phenoxy) is 1. The smallest absolute Gasteiger partial charge is 0.407 e. The largest absolute Gasteiger partial charge is 0.453 e. The minimum atomic E-state index is -0.605. The number of amides is 1. The number of carbonyl (C=O) groups is 2. The van der Waals surface area contributed by atoms with Gasteiger partial charge in [-0.15, -0.1) is 0 Å². The van der Waals surface area contributed by atoms with E-state index in [0.717, 1.165) is 16.5 Å². The third-order valence-corrected chi connectivity index (χ3v) is 2.77. The number of hydrogen-bond donors (Lipinski definition) is 2. The van der Waals surface area contributed by atoms with E-state index in [2.05, 4.69) is 15.0 Å². The quantitative estimate of drug-likeness (QED) is 0.838. The lowest BCUT2D eigenvalue weighted by molar-refractivity contribution is -0.109. The Morgan fingerprint density at radius 3 is 2.89 bits per heavy atom. The highest BCUT2D eigenvalue weighted by molar-refractivity contribution is 7.59. The van der Waals surface area contributed by atoms with Crippen LogP contribution in [0.25, 0.3) is 10.9 Å². The number of nitrogens with one attached hydrogen (secondary N) is 2. The van der Waals surface area contributed by atoms with Gasteiger partial charge in [0, 0.05) is 23.5 Å². The van der Waals surface area contributed by atoms with E-state index in [-0.39, 0.29) is 13.5 Å². The van der Waals surface area contributed by atoms with Crippen molar-refractivity contribution >= 4 is 36.8 Å². The Balaban J connectivity index is 0.00000180. The molecule has 0 radical (unpaired) electrons. The molecular formula is C13H16N2O3S. The van der Waals surface area contributed by atoms with Crippen molar-refractivity contribution in [1.29, 1.82) is 0 Å². The van der Waals surface area contributed by atoms with Crippen LogP contribution in [0.15, 0.2) is 30.5 Å². The van der Waals surface area contributed by atoms with Gasteiger partial charge in [0.25, 0.3) is 0 Å². The van der Waals surface area contributed by atoms with E-state index in [1.54, 1.807) is 0 Å². The van der Waals surface area contributed by atoms with Crippen LogP contribution in [-0.2, 0) is 16.0 Å². The molecule has 0 aliphatic heterocycles. The molecule has 0 aliphatic rings. The molecule has 19 heavy (non-hydrogen) atoms. The third kappa shape index (κ3) is 3.51. The van der Waals surface area contributed by atoms with Crippen molar-refractivity contribution in [1.82, 2.24) is 10.3 Å². The summed E-state index contributed by atoms with van der Waals surface area (Å²) in [6.45, 7) is 0. The highest BCUT2D eigenvalue weighted by Gasteiger charge is 2.14. The number of benzene rings is 1. The van der Waals surface area contributed by atoms with Crippen LogP contribution in [0.2, 0.25) is 0 Å². The molecule has 2 rings (SSSR count). The summed E-state index contributed by atoms with van der Waals surface area (Å²) in [4.78, 5) is 25.1. The second-order valence-electron chi connectivity index (χ2n) is 3.94. The van der Waals surface area contributed by atoms with Crippen molar-refractivity contribution in [3.8, 4) is 0 Å². The molecule has 6 heteroatoms. The van der Waals surface area contributed by atoms with E-state index >= 15 is 0 Å². The number of alkyl carbamates (subject to hydrolysis) is 1. The van der Waals surface area contributed by atoms with Gasteiger partial charge in [-0.3, -0.25) is 0 Å². The molecule has 0 bridgehead atoms. The lowest BCUT2D eigenvalue weighted by Crippen LogP contribution is -2.37. The fraction of sp³-hybridized carbons (Fsp3) is 0.231. The van der Waals surface area contributed by atoms with Gasteiger partial charge < -0.3 is 19.8 Å². The highest BCUT2D eigenvalue weighted by atomic mass is 32.1. The Morgan fingerprint density at radius 1 is 1.47 bits per heavy atom. The molecule has 0 spiro atoms. The Kier molecular flexibility index (Phi) is 5.44. The standard InChI is InChI=1S/C13H14N2O3.H2S/c1-18-13(17)15-10(8-16)6-9-7-14-12-5-3-2-4-11(9)12;/h2-5,7-8,10,14H,6H2,1H3,(H,15,17);1H2/t10-;/m0./s1. The summed E-state index contributed by atoms with van der Waals surface area (Å²) in [5.74, 6) is 0. The van der Waals surface area contributed by atoms with Crippen molar-refractivity contribution in [2.24, 2.45) is 0 Å². The number of hydrogen-bond acceptors (Lipinski definition) is 3. The highest BCUT2D eigenvalue weighted by Crippen LogP contribution is 2.18. The number of H-pyrrole nitrogens is 1. The molecule has 1 amide bonds. The maximum absolute atomic E-state index is 11.1. The third-order valence-electron chi connectivity index (χ3n) is 2.77. The number of para-hydroxylation sites is 1. The van der Waals surface area contributed by atoms with E-state index in [9.17, 15) is 9.59 Å². The summed E-state index contributed by atoms with van der Waals surface area (Å²) in [6.07, 6.45) is 2.38. The van der Waals surface area contributed by atoms with Crippen molar-refractivity contribution in [3.05, 3.63) is 36.0 Å². The molecule has 0 aliphatic carbocycles. The SMILES string of the molecule is COC(=O)N[C@H](C=O)Cc1c[nH]c2ccccc12.S. The zero-order valence-electron chi connectivity index (χ0n) is 10.5. The van der Waals surface area contributed by atoms with E-state index in [1.807, 2.05) is 30.5 Å². The molecule has 102 valence electrons. The molecule has 5 nitrogen and oxygen atoms in total. The second-order valence-corrected chi connectivity index (χ2v) is 3.94. The molecule has 0 unspecified atom stereocenters. The number of carbonyl (C=O) groups excluding carboxylic acids is 2. The molecule has 1 aromatic heterocycles. The van der Waals surface area contributed by atoms with Crippen molar-refractivity contribution < 1.29 is 14.3 Å². The summed E-state index contributed by atoms with van der Waals surface area (Å²) in [7, 11) is 1.27. The van der Waals surface area contributed by atoms with E-state index < -0.39 is 12.1 Å². The van der Waals surface area contributed by atoms with E-state index in [1.165, 1.54) is 7.11 Å². The first-order valence-corrected chi connectivity index (χ1v) is 5.59. The van der Waals surface area contributed by atoms with Gasteiger partial charge in [0.1, 0.15) is 6.29 Å². The van der Waals surface area contributed by atoms with Gasteiger partial charge >= 0.3 is 6.09 Å². The minimum Gasteiger partial charge on any atom is -0.453 e. The van der Waals surface area contributed by atoms with Gasteiger partial charge in [-0.2, -0.15) is 13.5 Å². The average Bonchev–Trinajstić information content (AvgIpc) is 2.81. The average molecular weight is 280 g/mol. The molecule has 0 saturated carbocycles. The normalized spacial score (nSPS) is 11.4. The van der Waals surface area contributed by atoms with Crippen LogP contribution in [0.3, 0.4) is 0 Å². The molecule has 2 N–H and O–H groups in total. The molecule has 0 fully saturated rings. The Labute approximate surface area is 117 Å². The van der Waals surface area contributed by atoms with E-state index in [4.69, 9.17) is 0 Å². The number of methoxy groups -OCH3 is 1. The minimum absolute atomic E-state index is 0. The molecule has 0 saturated heterocycles. The molecule has 1 heterocycles. The number of fused-ring (bicyclic) bond motifs is 1. The zero-order chi connectivity index (χ0) is 13.0. The van der Waals surface area contributed by atoms with Gasteiger partial charge in [0.15, 0.2) is 0 Å². The van der Waals surface area contributed by atoms with Crippen molar-refractivity contribution in [2.45, 2.75) is 12.5 Å². The first-order chi connectivity index (χ1) is 8.74. The van der Waals surface area contributed by atoms with Crippen LogP contribution in [0.1, 0.15) is 5.56 Å². The summed E-state index contributed by atoms with van der Waals surface area (Å²) >= 11 is 0. The number of aromatic nitrogens is 1. The first-order valence-electron chi connectivity index (χ1n) is 5.59. The first kappa shape index (κ1) is 15.1. The van der Waals surface area contributed by atoms with Crippen LogP contribution < -0.4 is 5.32 Å². The van der Waals surface area contributed by atoms with Crippen LogP contribution in [0, 0.1) is 0 Å². The topological polar surface area (TPSA) is 71.2 Å². The number of aromatic amines is 1. The van der Waals surface area contributed by atoms with Crippen LogP contribution in [-0.4, -0.2) is 30.5 Å². The van der Waals surface area contributed by atoms with E-state index in [0.29, 0.717) is 12.7 Å². The Bertz CT molecular complexity index is 568. The summed E-state index contributed by atoms with van der Waals surface area (Å²) in [5.41, 5.74) is 1.99. The maximum atomic E-state index is 11.1. The summed E-state index contributed by atoms with van der Waals surface area (Å²) in [6, 6.07) is 7.22. The van der Waals surface area contributed by atoms with Crippen LogP contribution in [0.4, 0.5) is 4.79 Å². The van der Waals surface area contributed by atoms with Crippen LogP contribution >= 0.6 is 13.5 Å². The number of aldehydes is 1. The lowest BCUT2D eigenvalue weighted by Gasteiger charge is -2.10. The molecule has 1 atom stereocenters. The Hall–Kier alpha value is -1.95. The lowest BCUT2D eigenvalue weighted by atomic mass is 10.1. The van der Waals surface area contributed by atoms with Gasteiger partial charge in [0.2, 0.25) is 0 Å². The van der Waals surface area contributed by atoms with Gasteiger partial charge in [-0.05, 0) is 11.6 Å².